The Labute approximate surface area is 93.4 Å². The fourth-order valence-electron chi connectivity index (χ4n) is 2.11. The predicted molar refractivity (Wildman–Crippen MR) is 61.2 cm³/mol. The van der Waals surface area contributed by atoms with Gasteiger partial charge in [0.1, 0.15) is 5.52 Å². The average Bonchev–Trinajstić information content (AvgIpc) is 2.76. The van der Waals surface area contributed by atoms with E-state index in [1.165, 1.54) is 0 Å². The highest BCUT2D eigenvalue weighted by Gasteiger charge is 2.21. The van der Waals surface area contributed by atoms with Gasteiger partial charge in [0.25, 0.3) is 0 Å². The number of hydrogen-bond acceptors (Lipinski definition) is 4. The van der Waals surface area contributed by atoms with Gasteiger partial charge in [-0.2, -0.15) is 0 Å². The first-order valence-electron chi connectivity index (χ1n) is 5.57. The Morgan fingerprint density at radius 1 is 1.25 bits per heavy atom. The van der Waals surface area contributed by atoms with Crippen LogP contribution in [-0.2, 0) is 4.74 Å². The molecule has 3 rings (SSSR count). The van der Waals surface area contributed by atoms with Crippen LogP contribution >= 0.6 is 0 Å². The van der Waals surface area contributed by atoms with Crippen LogP contribution in [0.4, 0.5) is 5.69 Å². The highest BCUT2D eigenvalue weighted by atomic mass is 16.5. The van der Waals surface area contributed by atoms with Crippen LogP contribution in [0.1, 0.15) is 24.7 Å². The molecular formula is C12H14N2O2. The highest BCUT2D eigenvalue weighted by molar-refractivity contribution is 5.85. The van der Waals surface area contributed by atoms with Crippen LogP contribution in [0.15, 0.2) is 22.6 Å². The van der Waals surface area contributed by atoms with E-state index in [0.717, 1.165) is 43.0 Å². The van der Waals surface area contributed by atoms with E-state index < -0.39 is 0 Å². The molecule has 0 bridgehead atoms. The fraction of sp³-hybridized carbons (Fsp3) is 0.417. The molecule has 16 heavy (non-hydrogen) atoms. The highest BCUT2D eigenvalue weighted by Crippen LogP contribution is 2.30. The lowest BCUT2D eigenvalue weighted by Crippen LogP contribution is -2.14. The summed E-state index contributed by atoms with van der Waals surface area (Å²) in [6, 6.07) is 5.64. The van der Waals surface area contributed by atoms with E-state index in [1.54, 1.807) is 0 Å². The molecule has 2 aromatic rings. The molecule has 84 valence electrons. The molecule has 2 heterocycles. The summed E-state index contributed by atoms with van der Waals surface area (Å²) in [5.41, 5.74) is 8.09. The number of hydrogen-bond donors (Lipinski definition) is 1. The SMILES string of the molecule is Nc1cccc2oc(C3CCOCC3)nc12. The van der Waals surface area contributed by atoms with E-state index in [9.17, 15) is 0 Å². The van der Waals surface area contributed by atoms with Gasteiger partial charge >= 0.3 is 0 Å². The van der Waals surface area contributed by atoms with Crippen molar-refractivity contribution >= 4 is 16.8 Å². The average molecular weight is 218 g/mol. The summed E-state index contributed by atoms with van der Waals surface area (Å²) in [4.78, 5) is 4.49. The Bertz CT molecular complexity index is 501. The first-order chi connectivity index (χ1) is 7.84. The molecule has 0 unspecified atom stereocenters. The summed E-state index contributed by atoms with van der Waals surface area (Å²) < 4.78 is 11.1. The summed E-state index contributed by atoms with van der Waals surface area (Å²) in [7, 11) is 0. The summed E-state index contributed by atoms with van der Waals surface area (Å²) in [6.07, 6.45) is 1.96. The lowest BCUT2D eigenvalue weighted by atomic mass is 10.0. The number of oxazole rings is 1. The van der Waals surface area contributed by atoms with Gasteiger partial charge in [0.2, 0.25) is 0 Å². The van der Waals surface area contributed by atoms with Crippen molar-refractivity contribution < 1.29 is 9.15 Å². The Kier molecular flexibility index (Phi) is 2.29. The number of anilines is 1. The van der Waals surface area contributed by atoms with Crippen molar-refractivity contribution in [3.63, 3.8) is 0 Å². The normalized spacial score (nSPS) is 18.0. The van der Waals surface area contributed by atoms with Gasteiger partial charge in [0.05, 0.1) is 5.69 Å². The van der Waals surface area contributed by atoms with Crippen LogP contribution in [0.5, 0.6) is 0 Å². The first-order valence-corrected chi connectivity index (χ1v) is 5.57. The molecule has 1 aromatic heterocycles. The number of nitrogen functional groups attached to an aromatic ring is 1. The third kappa shape index (κ3) is 1.55. The Morgan fingerprint density at radius 2 is 2.06 bits per heavy atom. The number of para-hydroxylation sites is 1. The zero-order valence-corrected chi connectivity index (χ0v) is 8.98. The molecule has 1 aliphatic heterocycles. The fourth-order valence-corrected chi connectivity index (χ4v) is 2.11. The maximum absolute atomic E-state index is 5.85. The predicted octanol–water partition coefficient (Wildman–Crippen LogP) is 2.30. The third-order valence-corrected chi connectivity index (χ3v) is 3.04. The minimum Gasteiger partial charge on any atom is -0.440 e. The van der Waals surface area contributed by atoms with Gasteiger partial charge in [-0.15, -0.1) is 0 Å². The Hall–Kier alpha value is -1.55. The minimum atomic E-state index is 0.376. The van der Waals surface area contributed by atoms with Crippen molar-refractivity contribution in [2.45, 2.75) is 18.8 Å². The zero-order valence-electron chi connectivity index (χ0n) is 8.98. The van der Waals surface area contributed by atoms with Crippen LogP contribution in [0.2, 0.25) is 0 Å². The van der Waals surface area contributed by atoms with E-state index >= 15 is 0 Å². The van der Waals surface area contributed by atoms with Gasteiger partial charge in [-0.05, 0) is 25.0 Å². The van der Waals surface area contributed by atoms with Crippen molar-refractivity contribution in [2.24, 2.45) is 0 Å². The van der Waals surface area contributed by atoms with Crippen molar-refractivity contribution in [3.05, 3.63) is 24.1 Å². The van der Waals surface area contributed by atoms with E-state index in [-0.39, 0.29) is 0 Å². The zero-order chi connectivity index (χ0) is 11.0. The monoisotopic (exact) mass is 218 g/mol. The molecule has 1 aromatic carbocycles. The number of rotatable bonds is 1. The molecule has 1 fully saturated rings. The van der Waals surface area contributed by atoms with E-state index in [0.29, 0.717) is 11.6 Å². The second-order valence-electron chi connectivity index (χ2n) is 4.13. The molecule has 0 amide bonds. The second kappa shape index (κ2) is 3.79. The van der Waals surface area contributed by atoms with Crippen LogP contribution in [0.3, 0.4) is 0 Å². The molecule has 0 spiro atoms. The molecule has 0 saturated carbocycles. The van der Waals surface area contributed by atoms with Gasteiger partial charge in [-0.25, -0.2) is 4.98 Å². The van der Waals surface area contributed by atoms with Gasteiger partial charge in [0.15, 0.2) is 11.5 Å². The van der Waals surface area contributed by atoms with Crippen molar-refractivity contribution in [2.75, 3.05) is 18.9 Å². The van der Waals surface area contributed by atoms with Gasteiger partial charge in [0, 0.05) is 19.1 Å². The van der Waals surface area contributed by atoms with Crippen molar-refractivity contribution in [1.82, 2.24) is 4.98 Å². The summed E-state index contributed by atoms with van der Waals surface area (Å²) >= 11 is 0. The quantitative estimate of drug-likeness (QED) is 0.746. The standard InChI is InChI=1S/C12H14N2O2/c13-9-2-1-3-10-11(9)14-12(16-10)8-4-6-15-7-5-8/h1-3,8H,4-7,13H2. The van der Waals surface area contributed by atoms with Crippen LogP contribution in [0, 0.1) is 0 Å². The summed E-state index contributed by atoms with van der Waals surface area (Å²) in [6.45, 7) is 1.58. The molecule has 1 saturated heterocycles. The van der Waals surface area contributed by atoms with Crippen LogP contribution < -0.4 is 5.73 Å². The molecular weight excluding hydrogens is 204 g/mol. The summed E-state index contributed by atoms with van der Waals surface area (Å²) in [5.74, 6) is 1.18. The van der Waals surface area contributed by atoms with Gasteiger partial charge in [-0.3, -0.25) is 0 Å². The molecule has 0 radical (unpaired) electrons. The maximum atomic E-state index is 5.85. The lowest BCUT2D eigenvalue weighted by Gasteiger charge is -2.18. The van der Waals surface area contributed by atoms with Crippen molar-refractivity contribution in [3.8, 4) is 0 Å². The van der Waals surface area contributed by atoms with Gasteiger partial charge in [-0.1, -0.05) is 6.07 Å². The number of benzene rings is 1. The van der Waals surface area contributed by atoms with E-state index in [1.807, 2.05) is 18.2 Å². The van der Waals surface area contributed by atoms with Crippen molar-refractivity contribution in [1.29, 1.82) is 0 Å². The molecule has 1 aliphatic rings. The van der Waals surface area contributed by atoms with Crippen LogP contribution in [0.25, 0.3) is 11.1 Å². The number of nitrogens with zero attached hydrogens (tertiary/aromatic N) is 1. The number of ether oxygens (including phenoxy) is 1. The Morgan fingerprint density at radius 3 is 2.81 bits per heavy atom. The molecule has 0 aliphatic carbocycles. The number of aromatic nitrogens is 1. The Balaban J connectivity index is 2.01. The molecule has 4 heteroatoms. The first kappa shape index (κ1) is 9.66. The lowest BCUT2D eigenvalue weighted by molar-refractivity contribution is 0.0798. The topological polar surface area (TPSA) is 61.3 Å². The van der Waals surface area contributed by atoms with Crippen LogP contribution in [-0.4, -0.2) is 18.2 Å². The second-order valence-corrected chi connectivity index (χ2v) is 4.13. The molecule has 0 atom stereocenters. The number of fused-ring (bicyclic) bond motifs is 1. The van der Waals surface area contributed by atoms with E-state index in [4.69, 9.17) is 14.9 Å². The maximum Gasteiger partial charge on any atom is 0.198 e. The van der Waals surface area contributed by atoms with E-state index in [2.05, 4.69) is 4.98 Å². The summed E-state index contributed by atoms with van der Waals surface area (Å²) in [5, 5.41) is 0. The minimum absolute atomic E-state index is 0.376. The molecule has 2 N–H and O–H groups in total. The largest absolute Gasteiger partial charge is 0.440 e. The number of nitrogens with two attached hydrogens (primary N) is 1. The van der Waals surface area contributed by atoms with Gasteiger partial charge < -0.3 is 14.9 Å². The third-order valence-electron chi connectivity index (χ3n) is 3.04. The molecule has 4 nitrogen and oxygen atoms in total. The smallest absolute Gasteiger partial charge is 0.198 e.